The highest BCUT2D eigenvalue weighted by molar-refractivity contribution is 5.34. The molecule has 2 unspecified atom stereocenters. The summed E-state index contributed by atoms with van der Waals surface area (Å²) in [5, 5.41) is 13.4. The average molecular weight is 275 g/mol. The molecule has 1 aliphatic rings. The van der Waals surface area contributed by atoms with Crippen molar-refractivity contribution in [3.8, 4) is 0 Å². The van der Waals surface area contributed by atoms with E-state index in [4.69, 9.17) is 0 Å². The van der Waals surface area contributed by atoms with E-state index in [0.29, 0.717) is 12.0 Å². The SMILES string of the molecule is CC(C)CC(CO)NC1c2ccccc2CCC1(C)C. The van der Waals surface area contributed by atoms with Crippen LogP contribution in [0.2, 0.25) is 0 Å². The first-order valence-corrected chi connectivity index (χ1v) is 7.88. The monoisotopic (exact) mass is 275 g/mol. The van der Waals surface area contributed by atoms with Crippen molar-refractivity contribution < 1.29 is 5.11 Å². The maximum absolute atomic E-state index is 9.66. The van der Waals surface area contributed by atoms with Crippen molar-refractivity contribution in [1.82, 2.24) is 5.32 Å². The van der Waals surface area contributed by atoms with Gasteiger partial charge in [0.1, 0.15) is 0 Å². The molecule has 112 valence electrons. The van der Waals surface area contributed by atoms with Crippen LogP contribution in [0.15, 0.2) is 24.3 Å². The molecule has 2 rings (SSSR count). The molecule has 0 spiro atoms. The Kier molecular flexibility index (Phi) is 4.87. The van der Waals surface area contributed by atoms with Gasteiger partial charge in [0.15, 0.2) is 0 Å². The van der Waals surface area contributed by atoms with Crippen molar-refractivity contribution in [1.29, 1.82) is 0 Å². The lowest BCUT2D eigenvalue weighted by atomic mass is 9.70. The summed E-state index contributed by atoms with van der Waals surface area (Å²) in [7, 11) is 0. The number of fused-ring (bicyclic) bond motifs is 1. The molecule has 2 nitrogen and oxygen atoms in total. The molecule has 0 saturated carbocycles. The molecule has 0 bridgehead atoms. The zero-order valence-corrected chi connectivity index (χ0v) is 13.3. The summed E-state index contributed by atoms with van der Waals surface area (Å²) in [5.41, 5.74) is 3.12. The van der Waals surface area contributed by atoms with Crippen LogP contribution in [-0.4, -0.2) is 17.8 Å². The van der Waals surface area contributed by atoms with Gasteiger partial charge in [-0.1, -0.05) is 52.0 Å². The van der Waals surface area contributed by atoms with E-state index in [1.807, 2.05) is 0 Å². The van der Waals surface area contributed by atoms with E-state index in [-0.39, 0.29) is 18.1 Å². The predicted molar refractivity (Wildman–Crippen MR) is 84.7 cm³/mol. The lowest BCUT2D eigenvalue weighted by Crippen LogP contribution is -2.45. The van der Waals surface area contributed by atoms with E-state index in [2.05, 4.69) is 57.3 Å². The summed E-state index contributed by atoms with van der Waals surface area (Å²) in [6.07, 6.45) is 3.38. The molecular formula is C18H29NO. The van der Waals surface area contributed by atoms with Crippen molar-refractivity contribution in [2.75, 3.05) is 6.61 Å². The molecule has 1 aromatic rings. The Bertz CT molecular complexity index is 439. The van der Waals surface area contributed by atoms with E-state index in [1.165, 1.54) is 17.5 Å². The lowest BCUT2D eigenvalue weighted by molar-refractivity contribution is 0.151. The van der Waals surface area contributed by atoms with Gasteiger partial charge in [0.05, 0.1) is 6.61 Å². The normalized spacial score (nSPS) is 22.6. The third kappa shape index (κ3) is 3.42. The summed E-state index contributed by atoms with van der Waals surface area (Å²) < 4.78 is 0. The van der Waals surface area contributed by atoms with Gasteiger partial charge in [0, 0.05) is 12.1 Å². The van der Waals surface area contributed by atoms with E-state index >= 15 is 0 Å². The van der Waals surface area contributed by atoms with Gasteiger partial charge in [-0.15, -0.1) is 0 Å². The highest BCUT2D eigenvalue weighted by Gasteiger charge is 2.36. The largest absolute Gasteiger partial charge is 0.395 e. The Hall–Kier alpha value is -0.860. The molecule has 2 atom stereocenters. The molecule has 0 aromatic heterocycles. The van der Waals surface area contributed by atoms with E-state index in [9.17, 15) is 5.11 Å². The van der Waals surface area contributed by atoms with Crippen molar-refractivity contribution in [2.24, 2.45) is 11.3 Å². The summed E-state index contributed by atoms with van der Waals surface area (Å²) >= 11 is 0. The van der Waals surface area contributed by atoms with Crippen LogP contribution in [0.5, 0.6) is 0 Å². The highest BCUT2D eigenvalue weighted by Crippen LogP contribution is 2.43. The molecule has 2 N–H and O–H groups in total. The van der Waals surface area contributed by atoms with Crippen LogP contribution in [0.1, 0.15) is 57.7 Å². The fraction of sp³-hybridized carbons (Fsp3) is 0.667. The molecule has 0 fully saturated rings. The first kappa shape index (κ1) is 15.5. The Balaban J connectivity index is 2.23. The summed E-state index contributed by atoms with van der Waals surface area (Å²) in [6.45, 7) is 9.32. The van der Waals surface area contributed by atoms with E-state index in [1.54, 1.807) is 0 Å². The highest BCUT2D eigenvalue weighted by atomic mass is 16.3. The molecule has 0 amide bonds. The van der Waals surface area contributed by atoms with Gasteiger partial charge in [-0.2, -0.15) is 0 Å². The van der Waals surface area contributed by atoms with Gasteiger partial charge < -0.3 is 10.4 Å². The minimum absolute atomic E-state index is 0.186. The first-order valence-electron chi connectivity index (χ1n) is 7.88. The minimum atomic E-state index is 0.186. The maximum Gasteiger partial charge on any atom is 0.0584 e. The maximum atomic E-state index is 9.66. The Morgan fingerprint density at radius 3 is 2.65 bits per heavy atom. The Morgan fingerprint density at radius 1 is 1.30 bits per heavy atom. The van der Waals surface area contributed by atoms with Gasteiger partial charge in [-0.05, 0) is 41.7 Å². The number of aliphatic hydroxyl groups excluding tert-OH is 1. The van der Waals surface area contributed by atoms with Crippen molar-refractivity contribution in [2.45, 2.75) is 59.0 Å². The zero-order valence-electron chi connectivity index (χ0n) is 13.3. The van der Waals surface area contributed by atoms with Gasteiger partial charge in [-0.3, -0.25) is 0 Å². The van der Waals surface area contributed by atoms with Crippen LogP contribution in [0.25, 0.3) is 0 Å². The summed E-state index contributed by atoms with van der Waals surface area (Å²) in [6, 6.07) is 9.28. The second-order valence-electron chi connectivity index (χ2n) is 7.30. The van der Waals surface area contributed by atoms with Gasteiger partial charge in [-0.25, -0.2) is 0 Å². The summed E-state index contributed by atoms with van der Waals surface area (Å²) in [4.78, 5) is 0. The first-order chi connectivity index (χ1) is 9.44. The zero-order chi connectivity index (χ0) is 14.8. The number of rotatable bonds is 5. The number of aliphatic hydroxyl groups is 1. The van der Waals surface area contributed by atoms with E-state index in [0.717, 1.165) is 12.8 Å². The Labute approximate surface area is 123 Å². The second kappa shape index (κ2) is 6.28. The molecular weight excluding hydrogens is 246 g/mol. The van der Waals surface area contributed by atoms with Crippen molar-refractivity contribution >= 4 is 0 Å². The quantitative estimate of drug-likeness (QED) is 0.859. The van der Waals surface area contributed by atoms with Crippen LogP contribution in [-0.2, 0) is 6.42 Å². The number of benzene rings is 1. The third-order valence-corrected chi connectivity index (χ3v) is 4.56. The number of hydrogen-bond acceptors (Lipinski definition) is 2. The smallest absolute Gasteiger partial charge is 0.0584 e. The topological polar surface area (TPSA) is 32.3 Å². The fourth-order valence-corrected chi connectivity index (χ4v) is 3.38. The lowest BCUT2D eigenvalue weighted by Gasteiger charge is -2.42. The molecule has 1 aliphatic carbocycles. The van der Waals surface area contributed by atoms with Crippen LogP contribution in [0.3, 0.4) is 0 Å². The summed E-state index contributed by atoms with van der Waals surface area (Å²) in [5.74, 6) is 0.599. The molecule has 0 radical (unpaired) electrons. The predicted octanol–water partition coefficient (Wildman–Crippen LogP) is 3.70. The fourth-order valence-electron chi connectivity index (χ4n) is 3.38. The molecule has 0 aliphatic heterocycles. The molecule has 1 aromatic carbocycles. The van der Waals surface area contributed by atoms with Gasteiger partial charge >= 0.3 is 0 Å². The third-order valence-electron chi connectivity index (χ3n) is 4.56. The minimum Gasteiger partial charge on any atom is -0.395 e. The molecule has 0 heterocycles. The van der Waals surface area contributed by atoms with Crippen molar-refractivity contribution in [3.63, 3.8) is 0 Å². The standard InChI is InChI=1S/C18H29NO/c1-13(2)11-15(12-20)19-17-16-8-6-5-7-14(16)9-10-18(17,3)4/h5-8,13,15,17,19-20H,9-12H2,1-4H3. The number of aryl methyl sites for hydroxylation is 1. The Morgan fingerprint density at radius 2 is 2.00 bits per heavy atom. The second-order valence-corrected chi connectivity index (χ2v) is 7.30. The van der Waals surface area contributed by atoms with E-state index < -0.39 is 0 Å². The number of hydrogen-bond donors (Lipinski definition) is 2. The molecule has 0 saturated heterocycles. The van der Waals surface area contributed by atoms with Gasteiger partial charge in [0.2, 0.25) is 0 Å². The van der Waals surface area contributed by atoms with Crippen molar-refractivity contribution in [3.05, 3.63) is 35.4 Å². The van der Waals surface area contributed by atoms with Gasteiger partial charge in [0.25, 0.3) is 0 Å². The van der Waals surface area contributed by atoms with Crippen LogP contribution >= 0.6 is 0 Å². The van der Waals surface area contributed by atoms with Crippen LogP contribution < -0.4 is 5.32 Å². The molecule has 2 heteroatoms. The van der Waals surface area contributed by atoms with Crippen LogP contribution in [0.4, 0.5) is 0 Å². The van der Waals surface area contributed by atoms with Crippen LogP contribution in [0, 0.1) is 11.3 Å². The number of nitrogens with one attached hydrogen (secondary N) is 1. The average Bonchev–Trinajstić information content (AvgIpc) is 2.40. The molecule has 20 heavy (non-hydrogen) atoms.